The normalized spacial score (nSPS) is 20.1. The summed E-state index contributed by atoms with van der Waals surface area (Å²) in [5.41, 5.74) is 7.90. The fourth-order valence-corrected chi connectivity index (χ4v) is 3.09. The van der Waals surface area contributed by atoms with E-state index in [1.165, 1.54) is 50.9 Å². The molecule has 1 aliphatic rings. The lowest BCUT2D eigenvalue weighted by atomic mass is 9.96. The first-order chi connectivity index (χ1) is 9.20. The highest BCUT2D eigenvalue weighted by molar-refractivity contribution is 7.80. The van der Waals surface area contributed by atoms with Gasteiger partial charge in [0, 0.05) is 24.3 Å². The van der Waals surface area contributed by atoms with Gasteiger partial charge >= 0.3 is 0 Å². The lowest BCUT2D eigenvalue weighted by Crippen LogP contribution is -2.24. The van der Waals surface area contributed by atoms with Crippen molar-refractivity contribution < 1.29 is 0 Å². The summed E-state index contributed by atoms with van der Waals surface area (Å²) in [7, 11) is 0. The molecule has 0 aliphatic carbocycles. The van der Waals surface area contributed by atoms with Crippen molar-refractivity contribution in [2.45, 2.75) is 39.0 Å². The molecular formula is C16H24N2S. The maximum absolute atomic E-state index is 5.64. The van der Waals surface area contributed by atoms with Crippen LogP contribution in [0.1, 0.15) is 44.6 Å². The Kier molecular flexibility index (Phi) is 5.20. The van der Waals surface area contributed by atoms with Crippen LogP contribution in [0.3, 0.4) is 0 Å². The average Bonchev–Trinajstić information content (AvgIpc) is 2.65. The van der Waals surface area contributed by atoms with Crippen LogP contribution in [0.15, 0.2) is 24.3 Å². The summed E-state index contributed by atoms with van der Waals surface area (Å²) in [6, 6.07) is 8.36. The smallest absolute Gasteiger partial charge is 0.103 e. The molecule has 1 aliphatic heterocycles. The van der Waals surface area contributed by atoms with Gasteiger partial charge in [0.15, 0.2) is 0 Å². The number of nitrogens with two attached hydrogens (primary N) is 1. The molecule has 0 amide bonds. The van der Waals surface area contributed by atoms with Crippen molar-refractivity contribution in [3.05, 3.63) is 29.8 Å². The number of hydrogen-bond donors (Lipinski definition) is 1. The highest BCUT2D eigenvalue weighted by atomic mass is 32.1. The van der Waals surface area contributed by atoms with E-state index >= 15 is 0 Å². The zero-order valence-corrected chi connectivity index (χ0v) is 12.6. The van der Waals surface area contributed by atoms with Gasteiger partial charge in [-0.15, -0.1) is 0 Å². The molecule has 1 aromatic rings. The van der Waals surface area contributed by atoms with Gasteiger partial charge in [-0.3, -0.25) is 0 Å². The lowest BCUT2D eigenvalue weighted by molar-refractivity contribution is 0.435. The highest BCUT2D eigenvalue weighted by Crippen LogP contribution is 2.25. The number of anilines is 1. The predicted octanol–water partition coefficient (Wildman–Crippen LogP) is 3.73. The minimum atomic E-state index is 0.477. The van der Waals surface area contributed by atoms with E-state index in [1.54, 1.807) is 0 Å². The van der Waals surface area contributed by atoms with Crippen LogP contribution in [0.2, 0.25) is 0 Å². The number of benzene rings is 1. The molecule has 1 heterocycles. The lowest BCUT2D eigenvalue weighted by Gasteiger charge is -2.23. The summed E-state index contributed by atoms with van der Waals surface area (Å²) < 4.78 is 0. The van der Waals surface area contributed by atoms with Crippen LogP contribution in [0.5, 0.6) is 0 Å². The molecule has 0 aromatic heterocycles. The van der Waals surface area contributed by atoms with E-state index in [1.807, 2.05) is 12.1 Å². The first kappa shape index (κ1) is 14.3. The molecule has 0 saturated carbocycles. The van der Waals surface area contributed by atoms with Crippen molar-refractivity contribution in [3.8, 4) is 0 Å². The van der Waals surface area contributed by atoms with Gasteiger partial charge in [-0.25, -0.2) is 0 Å². The third kappa shape index (κ3) is 3.93. The zero-order chi connectivity index (χ0) is 13.7. The van der Waals surface area contributed by atoms with Crippen molar-refractivity contribution in [2.24, 2.45) is 11.7 Å². The second-order valence-electron chi connectivity index (χ2n) is 5.48. The second kappa shape index (κ2) is 6.90. The van der Waals surface area contributed by atoms with Gasteiger partial charge in [-0.1, -0.05) is 32.0 Å². The summed E-state index contributed by atoms with van der Waals surface area (Å²) >= 11 is 4.99. The van der Waals surface area contributed by atoms with Gasteiger partial charge in [-0.05, 0) is 49.4 Å². The number of thiocarbonyl (C=S) groups is 1. The van der Waals surface area contributed by atoms with Crippen LogP contribution >= 0.6 is 12.2 Å². The van der Waals surface area contributed by atoms with Crippen molar-refractivity contribution in [2.75, 3.05) is 18.0 Å². The highest BCUT2D eigenvalue weighted by Gasteiger charge is 2.16. The van der Waals surface area contributed by atoms with Gasteiger partial charge in [-0.2, -0.15) is 0 Å². The molecule has 1 saturated heterocycles. The summed E-state index contributed by atoms with van der Waals surface area (Å²) in [6.07, 6.45) is 6.71. The van der Waals surface area contributed by atoms with Gasteiger partial charge in [0.25, 0.3) is 0 Å². The number of rotatable bonds is 4. The fraction of sp³-hybridized carbons (Fsp3) is 0.562. The first-order valence-electron chi connectivity index (χ1n) is 7.35. The van der Waals surface area contributed by atoms with E-state index in [0.717, 1.165) is 11.5 Å². The largest absolute Gasteiger partial charge is 0.389 e. The average molecular weight is 276 g/mol. The Hall–Kier alpha value is -1.09. The fourth-order valence-electron chi connectivity index (χ4n) is 2.96. The molecule has 1 aromatic carbocycles. The van der Waals surface area contributed by atoms with Crippen LogP contribution < -0.4 is 10.6 Å². The molecule has 0 radical (unpaired) electrons. The monoisotopic (exact) mass is 276 g/mol. The van der Waals surface area contributed by atoms with Gasteiger partial charge in [0.1, 0.15) is 4.99 Å². The number of hydrogen-bond acceptors (Lipinski definition) is 2. The summed E-state index contributed by atoms with van der Waals surface area (Å²) in [4.78, 5) is 2.98. The molecule has 2 nitrogen and oxygen atoms in total. The molecule has 1 fully saturated rings. The van der Waals surface area contributed by atoms with Crippen LogP contribution in [0.4, 0.5) is 5.69 Å². The second-order valence-corrected chi connectivity index (χ2v) is 5.92. The van der Waals surface area contributed by atoms with Crippen LogP contribution in [0.25, 0.3) is 0 Å². The Morgan fingerprint density at radius 2 is 2.00 bits per heavy atom. The van der Waals surface area contributed by atoms with Crippen molar-refractivity contribution in [1.82, 2.24) is 0 Å². The maximum atomic E-state index is 5.64. The van der Waals surface area contributed by atoms with E-state index in [0.29, 0.717) is 4.99 Å². The van der Waals surface area contributed by atoms with E-state index in [9.17, 15) is 0 Å². The van der Waals surface area contributed by atoms with Gasteiger partial charge < -0.3 is 10.6 Å². The molecule has 1 unspecified atom stereocenters. The van der Waals surface area contributed by atoms with E-state index < -0.39 is 0 Å². The Labute approximate surface area is 122 Å². The summed E-state index contributed by atoms with van der Waals surface area (Å²) in [5, 5.41) is 0. The third-order valence-electron chi connectivity index (χ3n) is 4.06. The number of nitrogens with zero attached hydrogens (tertiary/aromatic N) is 1. The molecular weight excluding hydrogens is 252 g/mol. The standard InChI is InChI=1S/C16H24N2S/c1-2-4-13-5-3-11-18(12-10-13)15-8-6-14(7-9-15)16(17)19/h6-9,13H,2-5,10-12H2,1H3,(H2,17,19). The molecule has 0 bridgehead atoms. The molecule has 1 atom stereocenters. The SMILES string of the molecule is CCCC1CCCN(c2ccc(C(N)=S)cc2)CC1. The Balaban J connectivity index is 1.99. The Bertz CT molecular complexity index is 413. The van der Waals surface area contributed by atoms with E-state index in [-0.39, 0.29) is 0 Å². The first-order valence-corrected chi connectivity index (χ1v) is 7.76. The molecule has 2 N–H and O–H groups in total. The van der Waals surface area contributed by atoms with E-state index in [4.69, 9.17) is 18.0 Å². The predicted molar refractivity (Wildman–Crippen MR) is 86.8 cm³/mol. The van der Waals surface area contributed by atoms with Crippen molar-refractivity contribution in [1.29, 1.82) is 0 Å². The molecule has 3 heteroatoms. The van der Waals surface area contributed by atoms with E-state index in [2.05, 4.69) is 24.0 Å². The molecule has 0 spiro atoms. The minimum absolute atomic E-state index is 0.477. The summed E-state index contributed by atoms with van der Waals surface area (Å²) in [5.74, 6) is 0.922. The van der Waals surface area contributed by atoms with Gasteiger partial charge in [0.05, 0.1) is 0 Å². The maximum Gasteiger partial charge on any atom is 0.103 e. The van der Waals surface area contributed by atoms with Crippen molar-refractivity contribution >= 4 is 22.9 Å². The molecule has 2 rings (SSSR count). The topological polar surface area (TPSA) is 29.3 Å². The van der Waals surface area contributed by atoms with Gasteiger partial charge in [0.2, 0.25) is 0 Å². The zero-order valence-electron chi connectivity index (χ0n) is 11.8. The minimum Gasteiger partial charge on any atom is -0.389 e. The molecule has 104 valence electrons. The Morgan fingerprint density at radius 1 is 1.26 bits per heavy atom. The quantitative estimate of drug-likeness (QED) is 0.850. The van der Waals surface area contributed by atoms with Crippen LogP contribution in [-0.4, -0.2) is 18.1 Å². The van der Waals surface area contributed by atoms with Crippen LogP contribution in [0, 0.1) is 5.92 Å². The molecule has 19 heavy (non-hydrogen) atoms. The Morgan fingerprint density at radius 3 is 2.63 bits per heavy atom. The van der Waals surface area contributed by atoms with Crippen LogP contribution in [-0.2, 0) is 0 Å². The summed E-state index contributed by atoms with van der Waals surface area (Å²) in [6.45, 7) is 4.64. The van der Waals surface area contributed by atoms with Crippen molar-refractivity contribution in [3.63, 3.8) is 0 Å². The third-order valence-corrected chi connectivity index (χ3v) is 4.30.